The molecule has 6 nitrogen and oxygen atoms in total. The van der Waals surface area contributed by atoms with Crippen molar-refractivity contribution >= 4 is 17.2 Å². The van der Waals surface area contributed by atoms with Gasteiger partial charge in [0.25, 0.3) is 5.91 Å². The minimum atomic E-state index is 0.0437. The lowest BCUT2D eigenvalue weighted by Crippen LogP contribution is -2.35. The predicted molar refractivity (Wildman–Crippen MR) is 87.8 cm³/mol. The molecular formula is C17H15N3O3S. The summed E-state index contributed by atoms with van der Waals surface area (Å²) in [6.45, 7) is 1.43. The number of thiophene rings is 1. The molecule has 0 radical (unpaired) electrons. The van der Waals surface area contributed by atoms with E-state index in [2.05, 4.69) is 10.1 Å². The van der Waals surface area contributed by atoms with Crippen LogP contribution in [0, 0.1) is 0 Å². The molecule has 4 heterocycles. The molecule has 122 valence electrons. The van der Waals surface area contributed by atoms with E-state index in [4.69, 9.17) is 9.26 Å². The monoisotopic (exact) mass is 341 g/mol. The highest BCUT2D eigenvalue weighted by Gasteiger charge is 2.27. The van der Waals surface area contributed by atoms with Crippen molar-refractivity contribution in [2.45, 2.75) is 19.6 Å². The molecule has 0 saturated carbocycles. The summed E-state index contributed by atoms with van der Waals surface area (Å²) in [5.74, 6) is 1.56. The first-order valence-corrected chi connectivity index (χ1v) is 8.56. The van der Waals surface area contributed by atoms with Gasteiger partial charge in [0.1, 0.15) is 23.8 Å². The molecule has 0 spiro atoms. The van der Waals surface area contributed by atoms with Gasteiger partial charge in [-0.25, -0.2) is 0 Å². The quantitative estimate of drug-likeness (QED) is 0.730. The number of nitrogens with zero attached hydrogens (tertiary/aromatic N) is 3. The molecule has 0 aromatic carbocycles. The Morgan fingerprint density at radius 1 is 1.42 bits per heavy atom. The van der Waals surface area contributed by atoms with E-state index in [1.807, 2.05) is 33.9 Å². The molecule has 0 saturated heterocycles. The van der Waals surface area contributed by atoms with E-state index in [0.29, 0.717) is 31.9 Å². The average Bonchev–Trinajstić information content (AvgIpc) is 3.30. The van der Waals surface area contributed by atoms with E-state index in [1.165, 1.54) is 11.3 Å². The minimum absolute atomic E-state index is 0.0437. The van der Waals surface area contributed by atoms with Crippen molar-refractivity contribution in [1.82, 2.24) is 15.0 Å². The minimum Gasteiger partial charge on any atom is -0.486 e. The fourth-order valence-corrected chi connectivity index (χ4v) is 3.33. The summed E-state index contributed by atoms with van der Waals surface area (Å²) in [5.41, 5.74) is 2.42. The lowest BCUT2D eigenvalue weighted by Gasteiger charge is -2.26. The van der Waals surface area contributed by atoms with E-state index < -0.39 is 0 Å². The van der Waals surface area contributed by atoms with E-state index >= 15 is 0 Å². The van der Waals surface area contributed by atoms with Gasteiger partial charge >= 0.3 is 0 Å². The Morgan fingerprint density at radius 3 is 3.17 bits per heavy atom. The van der Waals surface area contributed by atoms with Crippen LogP contribution in [0.25, 0.3) is 0 Å². The average molecular weight is 341 g/mol. The van der Waals surface area contributed by atoms with Crippen molar-refractivity contribution in [3.63, 3.8) is 0 Å². The highest BCUT2D eigenvalue weighted by atomic mass is 32.1. The van der Waals surface area contributed by atoms with Gasteiger partial charge in [-0.1, -0.05) is 5.16 Å². The smallest absolute Gasteiger partial charge is 0.255 e. The third kappa shape index (κ3) is 2.90. The van der Waals surface area contributed by atoms with Gasteiger partial charge < -0.3 is 14.2 Å². The van der Waals surface area contributed by atoms with Crippen molar-refractivity contribution in [3.05, 3.63) is 63.9 Å². The maximum atomic E-state index is 12.5. The number of hydrogen-bond acceptors (Lipinski definition) is 6. The van der Waals surface area contributed by atoms with Crippen molar-refractivity contribution < 1.29 is 14.1 Å². The van der Waals surface area contributed by atoms with Crippen LogP contribution in [0.15, 0.2) is 45.9 Å². The Balaban J connectivity index is 1.48. The number of amides is 1. The highest BCUT2D eigenvalue weighted by molar-refractivity contribution is 7.08. The van der Waals surface area contributed by atoms with Crippen molar-refractivity contribution in [1.29, 1.82) is 0 Å². The number of fused-ring (bicyclic) bond motifs is 1. The summed E-state index contributed by atoms with van der Waals surface area (Å²) in [5, 5.41) is 7.90. The molecule has 0 unspecified atom stereocenters. The second-order valence-corrected chi connectivity index (χ2v) is 6.28. The normalized spacial score (nSPS) is 13.6. The molecule has 0 atom stereocenters. The third-order valence-electron chi connectivity index (χ3n) is 3.97. The second kappa shape index (κ2) is 6.45. The van der Waals surface area contributed by atoms with Crippen molar-refractivity contribution in [2.24, 2.45) is 0 Å². The Kier molecular flexibility index (Phi) is 4.00. The molecule has 0 aliphatic carbocycles. The first-order valence-electron chi connectivity index (χ1n) is 7.62. The van der Waals surface area contributed by atoms with Crippen LogP contribution in [0.4, 0.5) is 0 Å². The van der Waals surface area contributed by atoms with Gasteiger partial charge in [0.2, 0.25) is 0 Å². The van der Waals surface area contributed by atoms with Crippen LogP contribution in [0.1, 0.15) is 27.4 Å². The van der Waals surface area contributed by atoms with Gasteiger partial charge in [-0.05, 0) is 23.6 Å². The van der Waals surface area contributed by atoms with Gasteiger partial charge in [0.15, 0.2) is 0 Å². The summed E-state index contributed by atoms with van der Waals surface area (Å²) in [4.78, 5) is 18.4. The maximum Gasteiger partial charge on any atom is 0.255 e. The molecule has 0 fully saturated rings. The van der Waals surface area contributed by atoms with E-state index in [0.717, 1.165) is 22.6 Å². The molecule has 24 heavy (non-hydrogen) atoms. The Morgan fingerprint density at radius 2 is 2.38 bits per heavy atom. The Bertz CT molecular complexity index is 830. The largest absolute Gasteiger partial charge is 0.486 e. The zero-order valence-electron chi connectivity index (χ0n) is 12.8. The summed E-state index contributed by atoms with van der Waals surface area (Å²) in [6.07, 6.45) is 4.02. The first-order chi connectivity index (χ1) is 11.8. The topological polar surface area (TPSA) is 68.5 Å². The number of ether oxygens (including phenoxy) is 1. The number of carbonyl (C=O) groups excluding carboxylic acids is 1. The van der Waals surface area contributed by atoms with Gasteiger partial charge in [0, 0.05) is 30.1 Å². The van der Waals surface area contributed by atoms with Gasteiger partial charge in [-0.2, -0.15) is 11.3 Å². The number of rotatable bonds is 4. The molecule has 0 N–H and O–H groups in total. The molecule has 3 aromatic heterocycles. The molecule has 1 amide bonds. The van der Waals surface area contributed by atoms with E-state index in [9.17, 15) is 4.79 Å². The lowest BCUT2D eigenvalue weighted by atomic mass is 10.1. The summed E-state index contributed by atoms with van der Waals surface area (Å²) >= 11 is 1.52. The molecular weight excluding hydrogens is 326 g/mol. The second-order valence-electron chi connectivity index (χ2n) is 5.50. The fourth-order valence-electron chi connectivity index (χ4n) is 2.70. The van der Waals surface area contributed by atoms with Crippen LogP contribution in [-0.4, -0.2) is 27.5 Å². The number of hydrogen-bond donors (Lipinski definition) is 0. The van der Waals surface area contributed by atoms with Crippen LogP contribution < -0.4 is 4.74 Å². The zero-order chi connectivity index (χ0) is 16.4. The summed E-state index contributed by atoms with van der Waals surface area (Å²) < 4.78 is 11.1. The van der Waals surface area contributed by atoms with E-state index in [1.54, 1.807) is 12.4 Å². The van der Waals surface area contributed by atoms with Crippen molar-refractivity contribution in [2.75, 3.05) is 6.54 Å². The number of pyridine rings is 1. The van der Waals surface area contributed by atoms with Crippen LogP contribution >= 0.6 is 11.3 Å². The maximum absolute atomic E-state index is 12.5. The number of carbonyl (C=O) groups is 1. The predicted octanol–water partition coefficient (Wildman–Crippen LogP) is 2.91. The van der Waals surface area contributed by atoms with Gasteiger partial charge in [0.05, 0.1) is 18.3 Å². The van der Waals surface area contributed by atoms with Crippen molar-refractivity contribution in [3.8, 4) is 5.75 Å². The van der Waals surface area contributed by atoms with Crippen LogP contribution in [0.2, 0.25) is 0 Å². The third-order valence-corrected chi connectivity index (χ3v) is 4.66. The number of aromatic nitrogens is 2. The fraction of sp³-hybridized carbons (Fsp3) is 0.235. The zero-order valence-corrected chi connectivity index (χ0v) is 13.7. The molecule has 1 aliphatic heterocycles. The molecule has 4 rings (SSSR count). The lowest BCUT2D eigenvalue weighted by molar-refractivity contribution is 0.0729. The van der Waals surface area contributed by atoms with Crippen LogP contribution in [0.5, 0.6) is 5.75 Å². The summed E-state index contributed by atoms with van der Waals surface area (Å²) in [6, 6.07) is 5.50. The van der Waals surface area contributed by atoms with Gasteiger partial charge in [-0.3, -0.25) is 9.78 Å². The standard InChI is InChI=1S/C17H15N3O3S/c21-17(12-4-7-24-11-12)20-6-3-16-14(9-20)15(19-23-16)10-22-13-2-1-5-18-8-13/h1-2,4-5,7-8,11H,3,6,9-10H2. The Hall–Kier alpha value is -2.67. The van der Waals surface area contributed by atoms with Gasteiger partial charge in [-0.15, -0.1) is 0 Å². The first kappa shape index (κ1) is 14.9. The SMILES string of the molecule is O=C(c1ccsc1)N1CCc2onc(COc3cccnc3)c2C1. The molecule has 0 bridgehead atoms. The Labute approximate surface area is 142 Å². The van der Waals surface area contributed by atoms with Crippen LogP contribution in [-0.2, 0) is 19.6 Å². The van der Waals surface area contributed by atoms with E-state index in [-0.39, 0.29) is 5.91 Å². The highest BCUT2D eigenvalue weighted by Crippen LogP contribution is 2.25. The molecule has 7 heteroatoms. The molecule has 1 aliphatic rings. The summed E-state index contributed by atoms with van der Waals surface area (Å²) in [7, 11) is 0. The molecule has 3 aromatic rings. The van der Waals surface area contributed by atoms with Crippen LogP contribution in [0.3, 0.4) is 0 Å².